The topological polar surface area (TPSA) is 66.4 Å². The molecule has 0 radical (unpaired) electrons. The normalized spacial score (nSPS) is 16.5. The zero-order chi connectivity index (χ0) is 15.5. The molecule has 4 nitrogen and oxygen atoms in total. The molecule has 1 aromatic rings. The molecule has 0 unspecified atom stereocenters. The molecule has 0 atom stereocenters. The highest BCUT2D eigenvalue weighted by Crippen LogP contribution is 2.40. The predicted molar refractivity (Wildman–Crippen MR) is 82.4 cm³/mol. The molecular formula is C15H15Cl2NO3. The van der Waals surface area contributed by atoms with E-state index in [1.807, 2.05) is 0 Å². The predicted octanol–water partition coefficient (Wildman–Crippen LogP) is 3.38. The second-order valence-electron chi connectivity index (χ2n) is 5.16. The van der Waals surface area contributed by atoms with Crippen LogP contribution in [0.25, 0.3) is 6.08 Å². The Morgan fingerprint density at radius 2 is 2.00 bits per heavy atom. The molecule has 0 bridgehead atoms. The first-order chi connectivity index (χ1) is 9.93. The number of nitrogens with one attached hydrogen (secondary N) is 1. The van der Waals surface area contributed by atoms with Crippen molar-refractivity contribution in [2.75, 3.05) is 6.54 Å². The number of carboxylic acids is 1. The van der Waals surface area contributed by atoms with Gasteiger partial charge in [-0.25, -0.2) is 0 Å². The van der Waals surface area contributed by atoms with Crippen LogP contribution in [0.2, 0.25) is 10.0 Å². The molecule has 21 heavy (non-hydrogen) atoms. The van der Waals surface area contributed by atoms with E-state index in [9.17, 15) is 9.59 Å². The highest BCUT2D eigenvalue weighted by Gasteiger charge is 2.44. The van der Waals surface area contributed by atoms with Gasteiger partial charge in [-0.3, -0.25) is 9.59 Å². The summed E-state index contributed by atoms with van der Waals surface area (Å²) < 4.78 is 0. The van der Waals surface area contributed by atoms with E-state index in [1.165, 1.54) is 6.08 Å². The van der Waals surface area contributed by atoms with Gasteiger partial charge in [-0.15, -0.1) is 0 Å². The Morgan fingerprint density at radius 3 is 2.52 bits per heavy atom. The average Bonchev–Trinajstić information content (AvgIpc) is 2.38. The number of rotatable bonds is 5. The maximum absolute atomic E-state index is 11.7. The van der Waals surface area contributed by atoms with E-state index in [0.717, 1.165) is 12.0 Å². The van der Waals surface area contributed by atoms with Gasteiger partial charge in [0.2, 0.25) is 5.91 Å². The lowest BCUT2D eigenvalue weighted by molar-refractivity contribution is -0.154. The van der Waals surface area contributed by atoms with Crippen molar-refractivity contribution < 1.29 is 14.7 Å². The zero-order valence-electron chi connectivity index (χ0n) is 11.2. The Morgan fingerprint density at radius 1 is 1.29 bits per heavy atom. The SMILES string of the molecule is O=C(/C=C/c1ccc(Cl)c(Cl)c1)NCC1(C(=O)O)CCC1. The number of benzene rings is 1. The van der Waals surface area contributed by atoms with E-state index < -0.39 is 11.4 Å². The molecule has 2 N–H and O–H groups in total. The number of hydrogen-bond donors (Lipinski definition) is 2. The first-order valence-electron chi connectivity index (χ1n) is 6.57. The molecule has 1 aliphatic rings. The highest BCUT2D eigenvalue weighted by atomic mass is 35.5. The highest BCUT2D eigenvalue weighted by molar-refractivity contribution is 6.42. The summed E-state index contributed by atoms with van der Waals surface area (Å²) in [5.41, 5.74) is -0.0382. The van der Waals surface area contributed by atoms with E-state index in [-0.39, 0.29) is 12.5 Å². The average molecular weight is 328 g/mol. The molecule has 2 rings (SSSR count). The lowest BCUT2D eigenvalue weighted by atomic mass is 9.69. The Hall–Kier alpha value is -1.52. The number of carboxylic acid groups (broad SMARTS) is 1. The van der Waals surface area contributed by atoms with E-state index >= 15 is 0 Å². The van der Waals surface area contributed by atoms with Gasteiger partial charge in [-0.1, -0.05) is 35.7 Å². The summed E-state index contributed by atoms with van der Waals surface area (Å²) in [5.74, 6) is -1.17. The summed E-state index contributed by atoms with van der Waals surface area (Å²) in [4.78, 5) is 22.9. The molecule has 0 aromatic heterocycles. The molecule has 1 amide bonds. The maximum Gasteiger partial charge on any atom is 0.311 e. The van der Waals surface area contributed by atoms with E-state index in [4.69, 9.17) is 28.3 Å². The van der Waals surface area contributed by atoms with Crippen LogP contribution < -0.4 is 5.32 Å². The third-order valence-electron chi connectivity index (χ3n) is 3.74. The fraction of sp³-hybridized carbons (Fsp3) is 0.333. The van der Waals surface area contributed by atoms with Crippen LogP contribution in [0.15, 0.2) is 24.3 Å². The van der Waals surface area contributed by atoms with Gasteiger partial charge in [0.05, 0.1) is 15.5 Å². The molecule has 1 fully saturated rings. The quantitative estimate of drug-likeness (QED) is 0.815. The summed E-state index contributed by atoms with van der Waals surface area (Å²) in [6, 6.07) is 5.04. The maximum atomic E-state index is 11.7. The molecule has 0 spiro atoms. The minimum Gasteiger partial charge on any atom is -0.481 e. The van der Waals surface area contributed by atoms with Crippen molar-refractivity contribution in [3.63, 3.8) is 0 Å². The smallest absolute Gasteiger partial charge is 0.311 e. The molecular weight excluding hydrogens is 313 g/mol. The third kappa shape index (κ3) is 3.77. The van der Waals surface area contributed by atoms with Crippen LogP contribution in [-0.4, -0.2) is 23.5 Å². The number of amides is 1. The standard InChI is InChI=1S/C15H15Cl2NO3/c16-11-4-2-10(8-12(11)17)3-5-13(19)18-9-15(14(20)21)6-1-7-15/h2-5,8H,1,6-7,9H2,(H,18,19)(H,20,21)/b5-3+. The summed E-state index contributed by atoms with van der Waals surface area (Å²) in [6.45, 7) is 0.160. The molecule has 0 heterocycles. The van der Waals surface area contributed by atoms with Gasteiger partial charge in [0, 0.05) is 12.6 Å². The Labute approximate surface area is 132 Å². The van der Waals surface area contributed by atoms with Crippen molar-refractivity contribution in [2.45, 2.75) is 19.3 Å². The van der Waals surface area contributed by atoms with E-state index in [2.05, 4.69) is 5.32 Å². The summed E-state index contributed by atoms with van der Waals surface area (Å²) >= 11 is 11.7. The molecule has 1 aliphatic carbocycles. The van der Waals surface area contributed by atoms with Crippen molar-refractivity contribution >= 4 is 41.2 Å². The van der Waals surface area contributed by atoms with Crippen molar-refractivity contribution in [1.29, 1.82) is 0 Å². The van der Waals surface area contributed by atoms with Gasteiger partial charge >= 0.3 is 5.97 Å². The number of aliphatic carboxylic acids is 1. The van der Waals surface area contributed by atoms with Crippen molar-refractivity contribution in [2.24, 2.45) is 5.41 Å². The van der Waals surface area contributed by atoms with Gasteiger partial charge in [0.1, 0.15) is 0 Å². The molecule has 6 heteroatoms. The van der Waals surface area contributed by atoms with Crippen LogP contribution in [0, 0.1) is 5.41 Å². The molecule has 1 saturated carbocycles. The van der Waals surface area contributed by atoms with Crippen LogP contribution >= 0.6 is 23.2 Å². The van der Waals surface area contributed by atoms with Crippen LogP contribution in [0.3, 0.4) is 0 Å². The second kappa shape index (κ2) is 6.50. The minimum absolute atomic E-state index is 0.160. The van der Waals surface area contributed by atoms with Crippen LogP contribution in [-0.2, 0) is 9.59 Å². The lowest BCUT2D eigenvalue weighted by Gasteiger charge is -2.37. The Bertz CT molecular complexity index is 595. The summed E-state index contributed by atoms with van der Waals surface area (Å²) in [7, 11) is 0. The van der Waals surface area contributed by atoms with Gasteiger partial charge in [0.15, 0.2) is 0 Å². The Balaban J connectivity index is 1.91. The number of carbonyl (C=O) groups is 2. The van der Waals surface area contributed by atoms with E-state index in [0.29, 0.717) is 22.9 Å². The van der Waals surface area contributed by atoms with Crippen molar-refractivity contribution in [1.82, 2.24) is 5.32 Å². The fourth-order valence-corrected chi connectivity index (χ4v) is 2.48. The number of carbonyl (C=O) groups excluding carboxylic acids is 1. The second-order valence-corrected chi connectivity index (χ2v) is 5.98. The largest absolute Gasteiger partial charge is 0.481 e. The van der Waals surface area contributed by atoms with Gasteiger partial charge in [0.25, 0.3) is 0 Å². The fourth-order valence-electron chi connectivity index (χ4n) is 2.17. The van der Waals surface area contributed by atoms with Gasteiger partial charge in [-0.2, -0.15) is 0 Å². The third-order valence-corrected chi connectivity index (χ3v) is 4.48. The Kier molecular flexibility index (Phi) is 4.91. The van der Waals surface area contributed by atoms with E-state index in [1.54, 1.807) is 24.3 Å². The van der Waals surface area contributed by atoms with Crippen molar-refractivity contribution in [3.8, 4) is 0 Å². The first kappa shape index (κ1) is 15.9. The zero-order valence-corrected chi connectivity index (χ0v) is 12.7. The summed E-state index contributed by atoms with van der Waals surface area (Å²) in [5, 5.41) is 12.7. The molecule has 112 valence electrons. The van der Waals surface area contributed by atoms with Crippen LogP contribution in [0.4, 0.5) is 0 Å². The molecule has 0 aliphatic heterocycles. The number of hydrogen-bond acceptors (Lipinski definition) is 2. The van der Waals surface area contributed by atoms with Gasteiger partial charge in [-0.05, 0) is 36.6 Å². The van der Waals surface area contributed by atoms with Crippen LogP contribution in [0.5, 0.6) is 0 Å². The van der Waals surface area contributed by atoms with Gasteiger partial charge < -0.3 is 10.4 Å². The van der Waals surface area contributed by atoms with Crippen LogP contribution in [0.1, 0.15) is 24.8 Å². The lowest BCUT2D eigenvalue weighted by Crippen LogP contribution is -2.47. The summed E-state index contributed by atoms with van der Waals surface area (Å²) in [6.07, 6.45) is 5.07. The van der Waals surface area contributed by atoms with Crippen molar-refractivity contribution in [3.05, 3.63) is 39.9 Å². The monoisotopic (exact) mass is 327 g/mol. The minimum atomic E-state index is -0.845. The molecule has 0 saturated heterocycles. The molecule has 1 aromatic carbocycles. The number of halogens is 2. The first-order valence-corrected chi connectivity index (χ1v) is 7.33.